The van der Waals surface area contributed by atoms with Gasteiger partial charge in [-0.3, -0.25) is 4.79 Å². The van der Waals surface area contributed by atoms with Crippen LogP contribution in [-0.2, 0) is 0 Å². The fourth-order valence-electron chi connectivity index (χ4n) is 2.30. The van der Waals surface area contributed by atoms with Gasteiger partial charge in [0.25, 0.3) is 0 Å². The standard InChI is InChI=1S/C19H19ClO5/c1-22-13-6-8-17(23-2)14(11-13)16(21)7-5-12-9-15(20)19(25-4)18(10-12)24-3/h5-11H,1-4H3. The molecule has 6 heteroatoms. The van der Waals surface area contributed by atoms with Crippen LogP contribution in [0.25, 0.3) is 6.08 Å². The van der Waals surface area contributed by atoms with E-state index >= 15 is 0 Å². The first-order valence-corrected chi connectivity index (χ1v) is 7.77. The van der Waals surface area contributed by atoms with Crippen LogP contribution in [0.1, 0.15) is 15.9 Å². The lowest BCUT2D eigenvalue weighted by Gasteiger charge is -2.10. The Labute approximate surface area is 151 Å². The van der Waals surface area contributed by atoms with Gasteiger partial charge in [-0.15, -0.1) is 0 Å². The van der Waals surface area contributed by atoms with E-state index < -0.39 is 0 Å². The van der Waals surface area contributed by atoms with Crippen LogP contribution in [0.2, 0.25) is 5.02 Å². The highest BCUT2D eigenvalue weighted by molar-refractivity contribution is 6.32. The van der Waals surface area contributed by atoms with Crippen molar-refractivity contribution in [1.82, 2.24) is 0 Å². The smallest absolute Gasteiger partial charge is 0.189 e. The molecule has 0 atom stereocenters. The average Bonchev–Trinajstić information content (AvgIpc) is 2.64. The topological polar surface area (TPSA) is 54.0 Å². The van der Waals surface area contributed by atoms with Gasteiger partial charge >= 0.3 is 0 Å². The Morgan fingerprint density at radius 3 is 2.24 bits per heavy atom. The van der Waals surface area contributed by atoms with Crippen LogP contribution < -0.4 is 18.9 Å². The summed E-state index contributed by atoms with van der Waals surface area (Å²) in [7, 11) is 6.08. The Bertz CT molecular complexity index is 799. The first kappa shape index (κ1) is 18.7. The van der Waals surface area contributed by atoms with E-state index in [1.807, 2.05) is 0 Å². The molecule has 0 bridgehead atoms. The average molecular weight is 363 g/mol. The molecule has 0 spiro atoms. The molecule has 2 rings (SSSR count). The number of ketones is 1. The molecular formula is C19H19ClO5. The predicted molar refractivity (Wildman–Crippen MR) is 97.5 cm³/mol. The molecule has 0 aliphatic rings. The quantitative estimate of drug-likeness (QED) is 0.544. The van der Waals surface area contributed by atoms with E-state index in [9.17, 15) is 4.79 Å². The normalized spacial score (nSPS) is 10.6. The van der Waals surface area contributed by atoms with Gasteiger partial charge in [0.2, 0.25) is 0 Å². The summed E-state index contributed by atoms with van der Waals surface area (Å²) in [6, 6.07) is 8.47. The minimum Gasteiger partial charge on any atom is -0.497 e. The fourth-order valence-corrected chi connectivity index (χ4v) is 2.60. The van der Waals surface area contributed by atoms with Crippen molar-refractivity contribution in [2.45, 2.75) is 0 Å². The second-order valence-corrected chi connectivity index (χ2v) is 5.41. The summed E-state index contributed by atoms with van der Waals surface area (Å²) in [4.78, 5) is 12.5. The molecular weight excluding hydrogens is 344 g/mol. The summed E-state index contributed by atoms with van der Waals surface area (Å²) in [6.07, 6.45) is 3.09. The third-order valence-corrected chi connectivity index (χ3v) is 3.84. The van der Waals surface area contributed by atoms with E-state index in [0.29, 0.717) is 39.1 Å². The Balaban J connectivity index is 2.33. The zero-order valence-electron chi connectivity index (χ0n) is 14.5. The van der Waals surface area contributed by atoms with Crippen LogP contribution in [0.3, 0.4) is 0 Å². The third-order valence-electron chi connectivity index (χ3n) is 3.56. The van der Waals surface area contributed by atoms with Crippen LogP contribution in [0.5, 0.6) is 23.0 Å². The van der Waals surface area contributed by atoms with E-state index in [0.717, 1.165) is 0 Å². The van der Waals surface area contributed by atoms with Gasteiger partial charge in [0.1, 0.15) is 11.5 Å². The van der Waals surface area contributed by atoms with Crippen LogP contribution in [0.15, 0.2) is 36.4 Å². The highest BCUT2D eigenvalue weighted by atomic mass is 35.5. The summed E-state index contributed by atoms with van der Waals surface area (Å²) in [6.45, 7) is 0. The monoisotopic (exact) mass is 362 g/mol. The number of hydrogen-bond acceptors (Lipinski definition) is 5. The maximum atomic E-state index is 12.5. The first-order valence-electron chi connectivity index (χ1n) is 7.40. The van der Waals surface area contributed by atoms with Gasteiger partial charge in [-0.25, -0.2) is 0 Å². The van der Waals surface area contributed by atoms with Gasteiger partial charge in [-0.2, -0.15) is 0 Å². The van der Waals surface area contributed by atoms with Gasteiger partial charge in [-0.05, 0) is 42.0 Å². The summed E-state index contributed by atoms with van der Waals surface area (Å²) in [5.41, 5.74) is 1.11. The molecule has 0 aliphatic heterocycles. The Hall–Kier alpha value is -2.66. The second-order valence-electron chi connectivity index (χ2n) is 5.00. The minimum atomic E-state index is -0.221. The first-order chi connectivity index (χ1) is 12.0. The Morgan fingerprint density at radius 1 is 0.920 bits per heavy atom. The van der Waals surface area contributed by atoms with Crippen molar-refractivity contribution < 1.29 is 23.7 Å². The molecule has 0 saturated carbocycles. The van der Waals surface area contributed by atoms with Crippen molar-refractivity contribution >= 4 is 23.5 Å². The number of rotatable bonds is 7. The summed E-state index contributed by atoms with van der Waals surface area (Å²) < 4.78 is 20.8. The van der Waals surface area contributed by atoms with Gasteiger partial charge in [0, 0.05) is 0 Å². The largest absolute Gasteiger partial charge is 0.497 e. The van der Waals surface area contributed by atoms with Gasteiger partial charge in [-0.1, -0.05) is 17.7 Å². The molecule has 2 aromatic carbocycles. The van der Waals surface area contributed by atoms with Gasteiger partial charge in [0.15, 0.2) is 17.3 Å². The lowest BCUT2D eigenvalue weighted by molar-refractivity contribution is 0.104. The highest BCUT2D eigenvalue weighted by Crippen LogP contribution is 2.36. The highest BCUT2D eigenvalue weighted by Gasteiger charge is 2.13. The predicted octanol–water partition coefficient (Wildman–Crippen LogP) is 4.27. The molecule has 0 N–H and O–H groups in total. The minimum absolute atomic E-state index is 0.221. The summed E-state index contributed by atoms with van der Waals surface area (Å²) >= 11 is 6.17. The molecule has 0 fully saturated rings. The number of methoxy groups -OCH3 is 4. The van der Waals surface area contributed by atoms with Crippen LogP contribution in [-0.4, -0.2) is 34.2 Å². The van der Waals surface area contributed by atoms with Crippen molar-refractivity contribution in [3.05, 3.63) is 52.6 Å². The van der Waals surface area contributed by atoms with Crippen molar-refractivity contribution in [2.24, 2.45) is 0 Å². The van der Waals surface area contributed by atoms with Crippen molar-refractivity contribution in [2.75, 3.05) is 28.4 Å². The van der Waals surface area contributed by atoms with Crippen LogP contribution >= 0.6 is 11.6 Å². The van der Waals surface area contributed by atoms with Gasteiger partial charge < -0.3 is 18.9 Å². The molecule has 0 saturated heterocycles. The molecule has 5 nitrogen and oxygen atoms in total. The van der Waals surface area contributed by atoms with Crippen LogP contribution in [0.4, 0.5) is 0 Å². The van der Waals surface area contributed by atoms with E-state index in [-0.39, 0.29) is 5.78 Å². The summed E-state index contributed by atoms with van der Waals surface area (Å²) in [5, 5.41) is 0.396. The Kier molecular flexibility index (Phi) is 6.31. The maximum Gasteiger partial charge on any atom is 0.189 e. The molecule has 25 heavy (non-hydrogen) atoms. The maximum absolute atomic E-state index is 12.5. The SMILES string of the molecule is COc1ccc(OC)c(C(=O)C=Cc2cc(Cl)c(OC)c(OC)c2)c1. The molecule has 0 aromatic heterocycles. The van der Waals surface area contributed by atoms with E-state index in [4.69, 9.17) is 30.5 Å². The van der Waals surface area contributed by atoms with Crippen molar-refractivity contribution in [3.63, 3.8) is 0 Å². The number of benzene rings is 2. The molecule has 0 amide bonds. The third kappa shape index (κ3) is 4.25. The number of carbonyl (C=O) groups is 1. The molecule has 0 unspecified atom stereocenters. The second kappa shape index (κ2) is 8.44. The Morgan fingerprint density at radius 2 is 1.64 bits per heavy atom. The van der Waals surface area contributed by atoms with E-state index in [2.05, 4.69) is 0 Å². The molecule has 0 radical (unpaired) electrons. The molecule has 0 heterocycles. The molecule has 2 aromatic rings. The fraction of sp³-hybridized carbons (Fsp3) is 0.211. The molecule has 132 valence electrons. The van der Waals surface area contributed by atoms with Crippen molar-refractivity contribution in [3.8, 4) is 23.0 Å². The van der Waals surface area contributed by atoms with E-state index in [1.54, 1.807) is 36.4 Å². The number of halogens is 1. The summed E-state index contributed by atoms with van der Waals surface area (Å²) in [5.74, 6) is 1.76. The zero-order chi connectivity index (χ0) is 18.4. The number of ether oxygens (including phenoxy) is 4. The lowest BCUT2D eigenvalue weighted by Crippen LogP contribution is -2.00. The van der Waals surface area contributed by atoms with Crippen LogP contribution in [0, 0.1) is 0 Å². The molecule has 0 aliphatic carbocycles. The number of allylic oxidation sites excluding steroid dienone is 1. The lowest BCUT2D eigenvalue weighted by atomic mass is 10.1. The number of carbonyl (C=O) groups excluding carboxylic acids is 1. The number of hydrogen-bond donors (Lipinski definition) is 0. The van der Waals surface area contributed by atoms with Crippen molar-refractivity contribution in [1.29, 1.82) is 0 Å². The zero-order valence-corrected chi connectivity index (χ0v) is 15.2. The van der Waals surface area contributed by atoms with Gasteiger partial charge in [0.05, 0.1) is 39.0 Å². The van der Waals surface area contributed by atoms with E-state index in [1.165, 1.54) is 34.5 Å².